The van der Waals surface area contributed by atoms with Gasteiger partial charge in [-0.25, -0.2) is 0 Å². The molecular weight excluding hydrogens is 296 g/mol. The van der Waals surface area contributed by atoms with Crippen LogP contribution in [0.25, 0.3) is 17.4 Å². The minimum atomic E-state index is -0.273. The van der Waals surface area contributed by atoms with Crippen LogP contribution in [-0.4, -0.2) is 11.0 Å². The molecule has 0 saturated carbocycles. The highest BCUT2D eigenvalue weighted by molar-refractivity contribution is 7.80. The first-order chi connectivity index (χ1) is 9.63. The van der Waals surface area contributed by atoms with E-state index in [0.29, 0.717) is 27.4 Å². The zero-order chi connectivity index (χ0) is 14.1. The fourth-order valence-corrected chi connectivity index (χ4v) is 2.29. The number of hydrogen-bond donors (Lipinski definition) is 2. The Balaban J connectivity index is 1.92. The third-order valence-electron chi connectivity index (χ3n) is 2.77. The molecule has 1 fully saturated rings. The van der Waals surface area contributed by atoms with Crippen molar-refractivity contribution in [2.45, 2.75) is 0 Å². The Labute approximate surface area is 125 Å². The molecule has 100 valence electrons. The molecule has 0 aliphatic carbocycles. The Morgan fingerprint density at radius 2 is 1.95 bits per heavy atom. The summed E-state index contributed by atoms with van der Waals surface area (Å²) in [5.41, 5.74) is 1.16. The lowest BCUT2D eigenvalue weighted by atomic mass is 10.2. The molecule has 1 amide bonds. The van der Waals surface area contributed by atoms with Crippen molar-refractivity contribution in [3.8, 4) is 11.3 Å². The topological polar surface area (TPSA) is 54.3 Å². The number of furan rings is 1. The highest BCUT2D eigenvalue weighted by Gasteiger charge is 2.20. The molecule has 2 heterocycles. The first-order valence-corrected chi connectivity index (χ1v) is 6.61. The van der Waals surface area contributed by atoms with Gasteiger partial charge >= 0.3 is 0 Å². The van der Waals surface area contributed by atoms with Crippen LogP contribution in [0.4, 0.5) is 0 Å². The summed E-state index contributed by atoms with van der Waals surface area (Å²) in [4.78, 5) is 11.5. The van der Waals surface area contributed by atoms with Crippen LogP contribution in [0.1, 0.15) is 5.76 Å². The van der Waals surface area contributed by atoms with Gasteiger partial charge in [-0.05, 0) is 36.5 Å². The van der Waals surface area contributed by atoms with Gasteiger partial charge in [0.05, 0.1) is 5.02 Å². The van der Waals surface area contributed by atoms with Gasteiger partial charge in [0.15, 0.2) is 5.11 Å². The average molecular weight is 305 g/mol. The highest BCUT2D eigenvalue weighted by atomic mass is 35.5. The van der Waals surface area contributed by atoms with Crippen LogP contribution in [0.3, 0.4) is 0 Å². The molecular formula is C14H9ClN2O2S. The van der Waals surface area contributed by atoms with Gasteiger partial charge in [-0.1, -0.05) is 23.7 Å². The first-order valence-electron chi connectivity index (χ1n) is 5.82. The van der Waals surface area contributed by atoms with Crippen molar-refractivity contribution in [2.75, 3.05) is 0 Å². The van der Waals surface area contributed by atoms with Crippen LogP contribution in [-0.2, 0) is 4.79 Å². The van der Waals surface area contributed by atoms with E-state index in [0.717, 1.165) is 5.56 Å². The van der Waals surface area contributed by atoms with Crippen LogP contribution >= 0.6 is 23.8 Å². The smallest absolute Gasteiger partial charge is 0.274 e. The predicted molar refractivity (Wildman–Crippen MR) is 81.0 cm³/mol. The Bertz CT molecular complexity index is 736. The second-order valence-corrected chi connectivity index (χ2v) is 4.96. The van der Waals surface area contributed by atoms with Crippen molar-refractivity contribution in [1.82, 2.24) is 10.6 Å². The van der Waals surface area contributed by atoms with Crippen LogP contribution < -0.4 is 10.6 Å². The SMILES string of the molecule is O=C1NC(=S)NC1=Cc1ccc(-c2ccccc2Cl)o1. The number of halogens is 1. The Morgan fingerprint density at radius 1 is 1.15 bits per heavy atom. The molecule has 1 aromatic carbocycles. The van der Waals surface area contributed by atoms with Crippen LogP contribution in [0.5, 0.6) is 0 Å². The number of amides is 1. The summed E-state index contributed by atoms with van der Waals surface area (Å²) in [6, 6.07) is 11.0. The van der Waals surface area contributed by atoms with Gasteiger partial charge in [-0.15, -0.1) is 0 Å². The summed E-state index contributed by atoms with van der Waals surface area (Å²) in [7, 11) is 0. The summed E-state index contributed by atoms with van der Waals surface area (Å²) < 4.78 is 5.67. The quantitative estimate of drug-likeness (QED) is 0.661. The Kier molecular flexibility index (Phi) is 3.30. The van der Waals surface area contributed by atoms with E-state index in [4.69, 9.17) is 28.2 Å². The van der Waals surface area contributed by atoms with Crippen molar-refractivity contribution in [3.63, 3.8) is 0 Å². The summed E-state index contributed by atoms with van der Waals surface area (Å²) in [5.74, 6) is 0.913. The Morgan fingerprint density at radius 3 is 2.65 bits per heavy atom. The molecule has 1 aromatic heterocycles. The van der Waals surface area contributed by atoms with Gasteiger partial charge in [0, 0.05) is 11.6 Å². The molecule has 0 unspecified atom stereocenters. The highest BCUT2D eigenvalue weighted by Crippen LogP contribution is 2.29. The van der Waals surface area contributed by atoms with E-state index in [2.05, 4.69) is 10.6 Å². The van der Waals surface area contributed by atoms with Gasteiger partial charge in [-0.2, -0.15) is 0 Å². The van der Waals surface area contributed by atoms with Gasteiger partial charge < -0.3 is 9.73 Å². The van der Waals surface area contributed by atoms with E-state index in [-0.39, 0.29) is 5.91 Å². The number of carbonyl (C=O) groups is 1. The first kappa shape index (κ1) is 12.9. The normalized spacial score (nSPS) is 16.4. The van der Waals surface area contributed by atoms with Crippen molar-refractivity contribution >= 4 is 40.9 Å². The third-order valence-corrected chi connectivity index (χ3v) is 3.31. The summed E-state index contributed by atoms with van der Waals surface area (Å²) in [5, 5.41) is 6.14. The fraction of sp³-hybridized carbons (Fsp3) is 0. The maximum Gasteiger partial charge on any atom is 0.274 e. The molecule has 1 aliphatic heterocycles. The van der Waals surface area contributed by atoms with Gasteiger partial charge in [-0.3, -0.25) is 10.1 Å². The van der Waals surface area contributed by atoms with Crippen molar-refractivity contribution < 1.29 is 9.21 Å². The number of carbonyl (C=O) groups excluding carboxylic acids is 1. The molecule has 4 nitrogen and oxygen atoms in total. The molecule has 1 saturated heterocycles. The molecule has 3 rings (SSSR count). The van der Waals surface area contributed by atoms with Crippen molar-refractivity contribution in [2.24, 2.45) is 0 Å². The predicted octanol–water partition coefficient (Wildman–Crippen LogP) is 2.95. The lowest BCUT2D eigenvalue weighted by Gasteiger charge is -1.99. The zero-order valence-electron chi connectivity index (χ0n) is 10.1. The maximum absolute atomic E-state index is 11.5. The molecule has 20 heavy (non-hydrogen) atoms. The molecule has 0 spiro atoms. The molecule has 6 heteroatoms. The van der Waals surface area contributed by atoms with Crippen LogP contribution in [0, 0.1) is 0 Å². The fourth-order valence-electron chi connectivity index (χ4n) is 1.86. The minimum absolute atomic E-state index is 0.273. The second kappa shape index (κ2) is 5.11. The average Bonchev–Trinajstić information content (AvgIpc) is 2.98. The third kappa shape index (κ3) is 2.45. The Hall–Kier alpha value is -2.11. The summed E-state index contributed by atoms with van der Waals surface area (Å²) >= 11 is 11.0. The number of thiocarbonyl (C=S) groups is 1. The van der Waals surface area contributed by atoms with Crippen molar-refractivity contribution in [1.29, 1.82) is 0 Å². The number of benzene rings is 1. The van der Waals surface area contributed by atoms with Gasteiger partial charge in [0.25, 0.3) is 5.91 Å². The maximum atomic E-state index is 11.5. The van der Waals surface area contributed by atoms with E-state index in [1.165, 1.54) is 0 Å². The van der Waals surface area contributed by atoms with Gasteiger partial charge in [0.1, 0.15) is 17.2 Å². The lowest BCUT2D eigenvalue weighted by molar-refractivity contribution is -0.115. The summed E-state index contributed by atoms with van der Waals surface area (Å²) in [6.07, 6.45) is 1.59. The van der Waals surface area contributed by atoms with Gasteiger partial charge in [0.2, 0.25) is 0 Å². The number of hydrogen-bond acceptors (Lipinski definition) is 3. The molecule has 0 radical (unpaired) electrons. The van der Waals surface area contributed by atoms with Crippen LogP contribution in [0.2, 0.25) is 5.02 Å². The molecule has 0 atom stereocenters. The summed E-state index contributed by atoms with van der Waals surface area (Å²) in [6.45, 7) is 0. The van der Waals surface area contributed by atoms with E-state index in [9.17, 15) is 4.79 Å². The van der Waals surface area contributed by atoms with E-state index >= 15 is 0 Å². The molecule has 0 bridgehead atoms. The number of nitrogens with one attached hydrogen (secondary N) is 2. The molecule has 2 N–H and O–H groups in total. The van der Waals surface area contributed by atoms with E-state index < -0.39 is 0 Å². The zero-order valence-corrected chi connectivity index (χ0v) is 11.7. The second-order valence-electron chi connectivity index (χ2n) is 4.15. The minimum Gasteiger partial charge on any atom is -0.457 e. The van der Waals surface area contributed by atoms with E-state index in [1.54, 1.807) is 24.3 Å². The lowest BCUT2D eigenvalue weighted by Crippen LogP contribution is -2.21. The standard InChI is InChI=1S/C14H9ClN2O2S/c15-10-4-2-1-3-9(10)12-6-5-8(19-12)7-11-13(18)17-14(20)16-11/h1-7H,(H2,16,17,18,20). The largest absolute Gasteiger partial charge is 0.457 e. The molecule has 2 aromatic rings. The van der Waals surface area contributed by atoms with E-state index in [1.807, 2.05) is 18.2 Å². The number of rotatable bonds is 2. The van der Waals surface area contributed by atoms with Crippen molar-refractivity contribution in [3.05, 3.63) is 52.9 Å². The molecule has 1 aliphatic rings. The monoisotopic (exact) mass is 304 g/mol. The van der Waals surface area contributed by atoms with Crippen LogP contribution in [0.15, 0.2) is 46.5 Å².